The van der Waals surface area contributed by atoms with E-state index in [2.05, 4.69) is 10.2 Å². The second-order valence-corrected chi connectivity index (χ2v) is 5.15. The van der Waals surface area contributed by atoms with E-state index in [0.29, 0.717) is 0 Å². The topological polar surface area (TPSA) is 73.4 Å². The molecule has 0 aliphatic carbocycles. The number of hydrogen-bond acceptors (Lipinski definition) is 4. The summed E-state index contributed by atoms with van der Waals surface area (Å²) in [6, 6.07) is 6.65. The van der Waals surface area contributed by atoms with Gasteiger partial charge in [0.1, 0.15) is 17.8 Å². The number of alkyl halides is 3. The van der Waals surface area contributed by atoms with Gasteiger partial charge in [-0.05, 0) is 30.2 Å². The Labute approximate surface area is 138 Å². The van der Waals surface area contributed by atoms with Crippen molar-refractivity contribution in [3.8, 4) is 12.1 Å². The van der Waals surface area contributed by atoms with Crippen molar-refractivity contribution in [3.63, 3.8) is 0 Å². The summed E-state index contributed by atoms with van der Waals surface area (Å²) in [5.74, 6) is -2.06. The first kappa shape index (κ1) is 17.6. The molecule has 0 N–H and O–H groups in total. The van der Waals surface area contributed by atoms with Crippen molar-refractivity contribution in [2.75, 3.05) is 0 Å². The van der Waals surface area contributed by atoms with Crippen molar-refractivity contribution >= 4 is 11.6 Å². The molecule has 1 unspecified atom stereocenters. The molecule has 0 amide bonds. The summed E-state index contributed by atoms with van der Waals surface area (Å²) in [6.45, 7) is 1.12. The van der Waals surface area contributed by atoms with E-state index in [4.69, 9.17) is 16.9 Å². The van der Waals surface area contributed by atoms with Crippen molar-refractivity contribution in [1.29, 1.82) is 10.5 Å². The van der Waals surface area contributed by atoms with Gasteiger partial charge in [-0.25, -0.2) is 4.39 Å². The van der Waals surface area contributed by atoms with Gasteiger partial charge < -0.3 is 0 Å². The Morgan fingerprint density at radius 2 is 1.88 bits per heavy atom. The molecule has 9 heteroatoms. The fraction of sp³-hybridized carbons (Fsp3) is 0.200. The molecular weight excluding hydrogens is 348 g/mol. The van der Waals surface area contributed by atoms with Gasteiger partial charge in [-0.2, -0.15) is 28.8 Å². The normalized spacial score (nSPS) is 12.3. The summed E-state index contributed by atoms with van der Waals surface area (Å²) in [6.07, 6.45) is -4.77. The van der Waals surface area contributed by atoms with Crippen molar-refractivity contribution < 1.29 is 17.6 Å². The molecular formula is C15H7ClF4N4. The van der Waals surface area contributed by atoms with Gasteiger partial charge in [-0.3, -0.25) is 0 Å². The van der Waals surface area contributed by atoms with Gasteiger partial charge in [-0.1, -0.05) is 17.7 Å². The van der Waals surface area contributed by atoms with Gasteiger partial charge in [0.05, 0.1) is 22.9 Å². The fourth-order valence-electron chi connectivity index (χ4n) is 2.21. The summed E-state index contributed by atoms with van der Waals surface area (Å²) in [5.41, 5.74) is -2.00. The van der Waals surface area contributed by atoms with Crippen LogP contribution in [0.2, 0.25) is 5.15 Å². The molecule has 122 valence electrons. The fourth-order valence-corrected chi connectivity index (χ4v) is 2.50. The smallest absolute Gasteiger partial charge is 0.206 e. The number of hydrogen-bond donors (Lipinski definition) is 0. The molecule has 0 radical (unpaired) electrons. The Morgan fingerprint density at radius 1 is 1.21 bits per heavy atom. The minimum Gasteiger partial charge on any atom is -0.206 e. The lowest BCUT2D eigenvalue weighted by Gasteiger charge is -2.17. The molecule has 1 atom stereocenters. The van der Waals surface area contributed by atoms with Crippen molar-refractivity contribution in [2.24, 2.45) is 0 Å². The third-order valence-electron chi connectivity index (χ3n) is 3.34. The molecule has 0 spiro atoms. The first-order chi connectivity index (χ1) is 11.2. The summed E-state index contributed by atoms with van der Waals surface area (Å²) in [7, 11) is 0. The molecule has 0 bridgehead atoms. The zero-order valence-electron chi connectivity index (χ0n) is 12.0. The zero-order chi connectivity index (χ0) is 18.1. The molecule has 0 fully saturated rings. The van der Waals surface area contributed by atoms with Crippen LogP contribution in [0.1, 0.15) is 33.9 Å². The van der Waals surface area contributed by atoms with E-state index >= 15 is 0 Å². The third kappa shape index (κ3) is 3.15. The minimum atomic E-state index is -4.77. The van der Waals surface area contributed by atoms with E-state index in [1.807, 2.05) is 0 Å². The molecule has 2 aromatic rings. The van der Waals surface area contributed by atoms with Crippen LogP contribution in [0, 0.1) is 35.4 Å². The Hall–Kier alpha value is -2.71. The summed E-state index contributed by atoms with van der Waals surface area (Å²) >= 11 is 5.48. The van der Waals surface area contributed by atoms with Crippen LogP contribution in [0.5, 0.6) is 0 Å². The molecule has 1 aromatic carbocycles. The molecule has 1 heterocycles. The van der Waals surface area contributed by atoms with Crippen molar-refractivity contribution in [3.05, 3.63) is 57.1 Å². The number of nitrogens with zero attached hydrogens (tertiary/aromatic N) is 4. The summed E-state index contributed by atoms with van der Waals surface area (Å²) in [5, 5.41) is 24.2. The highest BCUT2D eigenvalue weighted by atomic mass is 35.5. The molecule has 24 heavy (non-hydrogen) atoms. The number of halogens is 5. The zero-order valence-corrected chi connectivity index (χ0v) is 12.7. The van der Waals surface area contributed by atoms with E-state index in [1.54, 1.807) is 12.1 Å². The van der Waals surface area contributed by atoms with Crippen molar-refractivity contribution in [2.45, 2.75) is 19.0 Å². The van der Waals surface area contributed by atoms with Gasteiger partial charge >= 0.3 is 6.18 Å². The predicted octanol–water partition coefficient (Wildman–Crippen LogP) is 4.12. The van der Waals surface area contributed by atoms with Crippen molar-refractivity contribution in [1.82, 2.24) is 10.2 Å². The molecule has 1 aromatic heterocycles. The van der Waals surface area contributed by atoms with E-state index in [1.165, 1.54) is 6.07 Å². The predicted molar refractivity (Wildman–Crippen MR) is 75.4 cm³/mol. The number of rotatable bonds is 2. The average molecular weight is 355 g/mol. The Kier molecular flexibility index (Phi) is 4.72. The number of nitriles is 2. The third-order valence-corrected chi connectivity index (χ3v) is 3.61. The minimum absolute atomic E-state index is 0.128. The lowest BCUT2D eigenvalue weighted by Crippen LogP contribution is -2.15. The highest BCUT2D eigenvalue weighted by Crippen LogP contribution is 2.38. The van der Waals surface area contributed by atoms with E-state index in [-0.39, 0.29) is 22.4 Å². The van der Waals surface area contributed by atoms with Crippen LogP contribution in [-0.2, 0) is 6.18 Å². The van der Waals surface area contributed by atoms with Crippen LogP contribution >= 0.6 is 11.6 Å². The maximum Gasteiger partial charge on any atom is 0.419 e. The molecule has 2 rings (SSSR count). The monoisotopic (exact) mass is 354 g/mol. The molecule has 4 nitrogen and oxygen atoms in total. The van der Waals surface area contributed by atoms with Crippen LogP contribution in [0.3, 0.4) is 0 Å². The largest absolute Gasteiger partial charge is 0.419 e. The molecule has 0 saturated heterocycles. The number of benzene rings is 1. The van der Waals surface area contributed by atoms with Crippen LogP contribution in [0.25, 0.3) is 0 Å². The van der Waals surface area contributed by atoms with Gasteiger partial charge in [0.2, 0.25) is 0 Å². The highest BCUT2D eigenvalue weighted by Gasteiger charge is 2.38. The lowest BCUT2D eigenvalue weighted by molar-refractivity contribution is -0.138. The maximum atomic E-state index is 13.4. The van der Waals surface area contributed by atoms with Crippen LogP contribution < -0.4 is 0 Å². The van der Waals surface area contributed by atoms with Gasteiger partial charge in [0, 0.05) is 0 Å². The Morgan fingerprint density at radius 3 is 2.42 bits per heavy atom. The first-order valence-electron chi connectivity index (χ1n) is 6.39. The van der Waals surface area contributed by atoms with E-state index in [9.17, 15) is 22.8 Å². The van der Waals surface area contributed by atoms with E-state index < -0.39 is 28.6 Å². The van der Waals surface area contributed by atoms with Crippen LogP contribution in [0.4, 0.5) is 17.6 Å². The highest BCUT2D eigenvalue weighted by molar-refractivity contribution is 6.30. The van der Waals surface area contributed by atoms with Crippen LogP contribution in [-0.4, -0.2) is 10.2 Å². The summed E-state index contributed by atoms with van der Waals surface area (Å²) in [4.78, 5) is 0. The van der Waals surface area contributed by atoms with Gasteiger partial charge in [0.15, 0.2) is 5.15 Å². The molecule has 0 aliphatic heterocycles. The van der Waals surface area contributed by atoms with Gasteiger partial charge in [0.25, 0.3) is 0 Å². The van der Waals surface area contributed by atoms with Crippen LogP contribution in [0.15, 0.2) is 18.2 Å². The second-order valence-electron chi connectivity index (χ2n) is 4.79. The SMILES string of the molecule is Cc1c(C(C#N)c2ccc(F)c(C#N)c2)nnc(Cl)c1C(F)(F)F. The second kappa shape index (κ2) is 6.42. The standard InChI is InChI=1S/C15H7ClF4N4/c1-7-12(15(18,19)20)14(16)24-23-13(7)10(6-22)8-2-3-11(17)9(4-8)5-21/h2-4,10H,1H3. The quantitative estimate of drug-likeness (QED) is 0.760. The van der Waals surface area contributed by atoms with Gasteiger partial charge in [-0.15, -0.1) is 5.10 Å². The Balaban J connectivity index is 2.66. The average Bonchev–Trinajstić information content (AvgIpc) is 2.50. The Bertz CT molecular complexity index is 881. The first-order valence-corrected chi connectivity index (χ1v) is 6.77. The molecule has 0 aliphatic rings. The summed E-state index contributed by atoms with van der Waals surface area (Å²) < 4.78 is 52.7. The molecule has 0 saturated carbocycles. The number of aromatic nitrogens is 2. The lowest BCUT2D eigenvalue weighted by atomic mass is 9.91. The van der Waals surface area contributed by atoms with E-state index in [0.717, 1.165) is 19.1 Å². The maximum absolute atomic E-state index is 13.4.